The third-order valence-corrected chi connectivity index (χ3v) is 7.33. The van der Waals surface area contributed by atoms with Crippen molar-refractivity contribution >= 4 is 17.4 Å². The van der Waals surface area contributed by atoms with Gasteiger partial charge in [-0.2, -0.15) is 5.10 Å². The molecule has 0 aliphatic heterocycles. The number of fused-ring (bicyclic) bond motifs is 1. The molecular weight excluding hydrogens is 452 g/mol. The minimum absolute atomic E-state index is 0.0349. The fourth-order valence-corrected chi connectivity index (χ4v) is 5.62. The number of benzene rings is 2. The Bertz CT molecular complexity index is 1300. The number of primary amides is 1. The minimum atomic E-state index is -0.487. The van der Waals surface area contributed by atoms with Crippen LogP contribution >= 0.6 is 0 Å². The Morgan fingerprint density at radius 2 is 1.94 bits per heavy atom. The number of hydrogen-bond donors (Lipinski definition) is 2. The van der Waals surface area contributed by atoms with Gasteiger partial charge in [-0.05, 0) is 61.8 Å². The average molecular weight is 487 g/mol. The van der Waals surface area contributed by atoms with Crippen molar-refractivity contribution in [2.24, 2.45) is 11.1 Å². The van der Waals surface area contributed by atoms with Crippen molar-refractivity contribution in [1.82, 2.24) is 9.78 Å². The number of carbonyl (C=O) groups is 2. The minimum Gasteiger partial charge on any atom is -0.379 e. The standard InChI is InChI=1S/C29H34N4O3/c1-18-27-24(15-29(2,3)16-25(27)34)33(32-18)20-12-13-21(28(30)35)23(14-20)31-22-10-7-11-26(22)36-17-19-8-5-4-6-9-19/h4-6,8-9,12-14,22,26,31H,7,10-11,15-17H2,1-3H3,(H2,30,35)/t22-,26-/m0/s1. The van der Waals surface area contributed by atoms with Gasteiger partial charge in [0.1, 0.15) is 0 Å². The molecule has 2 aromatic carbocycles. The quantitative estimate of drug-likeness (QED) is 0.490. The van der Waals surface area contributed by atoms with E-state index in [1.165, 1.54) is 0 Å². The SMILES string of the molecule is Cc1nn(-c2ccc(C(N)=O)c(N[C@H]3CCC[C@@H]3OCc3ccccc3)c2)c2c1C(=O)CC(C)(C)C2. The van der Waals surface area contributed by atoms with E-state index in [2.05, 4.69) is 31.3 Å². The first kappa shape index (κ1) is 24.3. The highest BCUT2D eigenvalue weighted by atomic mass is 16.5. The summed E-state index contributed by atoms with van der Waals surface area (Å²) in [7, 11) is 0. The Hall–Kier alpha value is -3.45. The first-order valence-electron chi connectivity index (χ1n) is 12.7. The normalized spacial score (nSPS) is 20.8. The fraction of sp³-hybridized carbons (Fsp3) is 0.414. The molecule has 0 unspecified atom stereocenters. The average Bonchev–Trinajstić information content (AvgIpc) is 3.41. The van der Waals surface area contributed by atoms with Crippen molar-refractivity contribution in [2.75, 3.05) is 5.32 Å². The molecule has 1 saturated carbocycles. The molecule has 1 heterocycles. The van der Waals surface area contributed by atoms with E-state index in [9.17, 15) is 9.59 Å². The second kappa shape index (κ2) is 9.54. The number of nitrogens with zero attached hydrogens (tertiary/aromatic N) is 2. The summed E-state index contributed by atoms with van der Waals surface area (Å²) < 4.78 is 8.13. The van der Waals surface area contributed by atoms with E-state index in [1.807, 2.05) is 41.9 Å². The molecule has 3 N–H and O–H groups in total. The summed E-state index contributed by atoms with van der Waals surface area (Å²) >= 11 is 0. The van der Waals surface area contributed by atoms with Gasteiger partial charge in [0, 0.05) is 12.1 Å². The van der Waals surface area contributed by atoms with Gasteiger partial charge in [-0.1, -0.05) is 44.2 Å². The van der Waals surface area contributed by atoms with Crippen LogP contribution in [0.3, 0.4) is 0 Å². The number of rotatable bonds is 7. The van der Waals surface area contributed by atoms with Crippen molar-refractivity contribution in [1.29, 1.82) is 0 Å². The maximum absolute atomic E-state index is 12.9. The lowest BCUT2D eigenvalue weighted by Gasteiger charge is -2.29. The van der Waals surface area contributed by atoms with E-state index in [1.54, 1.807) is 6.07 Å². The molecule has 0 radical (unpaired) electrons. The zero-order valence-corrected chi connectivity index (χ0v) is 21.2. The zero-order chi connectivity index (χ0) is 25.4. The highest BCUT2D eigenvalue weighted by Gasteiger charge is 2.36. The summed E-state index contributed by atoms with van der Waals surface area (Å²) in [5.41, 5.74) is 11.0. The number of anilines is 1. The highest BCUT2D eigenvalue weighted by Crippen LogP contribution is 2.37. The Labute approximate surface area is 212 Å². The van der Waals surface area contributed by atoms with E-state index in [-0.39, 0.29) is 23.3 Å². The first-order valence-corrected chi connectivity index (χ1v) is 12.7. The first-order chi connectivity index (χ1) is 17.2. The van der Waals surface area contributed by atoms with Crippen LogP contribution in [0.2, 0.25) is 0 Å². The van der Waals surface area contributed by atoms with Crippen LogP contribution in [0.1, 0.15) is 77.2 Å². The predicted octanol–water partition coefficient (Wildman–Crippen LogP) is 4.98. The number of nitrogens with one attached hydrogen (secondary N) is 1. The number of nitrogens with two attached hydrogens (primary N) is 1. The van der Waals surface area contributed by atoms with Gasteiger partial charge in [-0.3, -0.25) is 9.59 Å². The van der Waals surface area contributed by atoms with Crippen LogP contribution in [0.15, 0.2) is 48.5 Å². The molecule has 188 valence electrons. The van der Waals surface area contributed by atoms with Crippen LogP contribution < -0.4 is 11.1 Å². The van der Waals surface area contributed by atoms with Gasteiger partial charge < -0.3 is 15.8 Å². The molecule has 1 amide bonds. The largest absolute Gasteiger partial charge is 0.379 e. The summed E-state index contributed by atoms with van der Waals surface area (Å²) in [5, 5.41) is 8.30. The topological polar surface area (TPSA) is 99.2 Å². The third kappa shape index (κ3) is 4.80. The van der Waals surface area contributed by atoms with Gasteiger partial charge in [-0.25, -0.2) is 4.68 Å². The number of carbonyl (C=O) groups excluding carboxylic acids is 2. The predicted molar refractivity (Wildman–Crippen MR) is 140 cm³/mol. The summed E-state index contributed by atoms with van der Waals surface area (Å²) in [6.07, 6.45) is 4.26. The molecule has 0 bridgehead atoms. The van der Waals surface area contributed by atoms with E-state index in [0.29, 0.717) is 24.3 Å². The molecule has 1 aromatic heterocycles. The number of amides is 1. The molecule has 2 aliphatic rings. The lowest BCUT2D eigenvalue weighted by molar-refractivity contribution is 0.0394. The number of ether oxygens (including phenoxy) is 1. The molecule has 2 aliphatic carbocycles. The molecule has 2 atom stereocenters. The van der Waals surface area contributed by atoms with Gasteiger partial charge in [0.2, 0.25) is 0 Å². The summed E-state index contributed by atoms with van der Waals surface area (Å²) in [5.74, 6) is -0.347. The third-order valence-electron chi connectivity index (χ3n) is 7.33. The molecule has 7 heteroatoms. The maximum atomic E-state index is 12.9. The molecule has 36 heavy (non-hydrogen) atoms. The van der Waals surface area contributed by atoms with Gasteiger partial charge >= 0.3 is 0 Å². The van der Waals surface area contributed by atoms with Crippen LogP contribution in [-0.4, -0.2) is 33.6 Å². The number of Topliss-reactive ketones (excluding diaryl/α,β-unsaturated/α-hetero) is 1. The fourth-order valence-electron chi connectivity index (χ4n) is 5.62. The van der Waals surface area contributed by atoms with Gasteiger partial charge in [0.15, 0.2) is 5.78 Å². The monoisotopic (exact) mass is 486 g/mol. The second-order valence-corrected chi connectivity index (χ2v) is 10.9. The Morgan fingerprint density at radius 3 is 2.69 bits per heavy atom. The number of aromatic nitrogens is 2. The Kier molecular flexibility index (Phi) is 6.43. The van der Waals surface area contributed by atoms with Crippen LogP contribution in [-0.2, 0) is 17.8 Å². The molecule has 0 spiro atoms. The van der Waals surface area contributed by atoms with Gasteiger partial charge in [0.25, 0.3) is 5.91 Å². The lowest BCUT2D eigenvalue weighted by Crippen LogP contribution is -2.31. The van der Waals surface area contributed by atoms with Crippen LogP contribution in [0.4, 0.5) is 5.69 Å². The zero-order valence-electron chi connectivity index (χ0n) is 21.2. The van der Waals surface area contributed by atoms with Crippen LogP contribution in [0.5, 0.6) is 0 Å². The molecule has 7 nitrogen and oxygen atoms in total. The molecular formula is C29H34N4O3. The Balaban J connectivity index is 1.44. The lowest BCUT2D eigenvalue weighted by atomic mass is 9.75. The maximum Gasteiger partial charge on any atom is 0.250 e. The number of aryl methyl sites for hydroxylation is 1. The van der Waals surface area contributed by atoms with E-state index >= 15 is 0 Å². The molecule has 0 saturated heterocycles. The number of ketones is 1. The molecule has 1 fully saturated rings. The summed E-state index contributed by atoms with van der Waals surface area (Å²) in [6, 6.07) is 15.7. The smallest absolute Gasteiger partial charge is 0.250 e. The van der Waals surface area contributed by atoms with Gasteiger partial charge in [-0.15, -0.1) is 0 Å². The number of hydrogen-bond acceptors (Lipinski definition) is 5. The van der Waals surface area contributed by atoms with Crippen molar-refractivity contribution in [3.8, 4) is 5.69 Å². The van der Waals surface area contributed by atoms with Crippen LogP contribution in [0.25, 0.3) is 5.69 Å². The molecule has 3 aromatic rings. The summed E-state index contributed by atoms with van der Waals surface area (Å²) in [6.45, 7) is 6.66. The Morgan fingerprint density at radius 1 is 1.17 bits per heavy atom. The van der Waals surface area contributed by atoms with E-state index in [4.69, 9.17) is 15.6 Å². The molecule has 5 rings (SSSR count). The van der Waals surface area contributed by atoms with E-state index in [0.717, 1.165) is 53.9 Å². The van der Waals surface area contributed by atoms with Crippen molar-refractivity contribution in [3.63, 3.8) is 0 Å². The summed E-state index contributed by atoms with van der Waals surface area (Å²) in [4.78, 5) is 25.2. The van der Waals surface area contributed by atoms with Crippen molar-refractivity contribution in [3.05, 3.63) is 76.6 Å². The second-order valence-electron chi connectivity index (χ2n) is 10.9. The van der Waals surface area contributed by atoms with Crippen molar-refractivity contribution in [2.45, 2.75) is 71.6 Å². The van der Waals surface area contributed by atoms with E-state index < -0.39 is 5.91 Å². The van der Waals surface area contributed by atoms with Crippen LogP contribution in [0, 0.1) is 12.3 Å². The highest BCUT2D eigenvalue weighted by molar-refractivity contribution is 6.00. The van der Waals surface area contributed by atoms with Crippen molar-refractivity contribution < 1.29 is 14.3 Å². The van der Waals surface area contributed by atoms with Gasteiger partial charge in [0.05, 0.1) is 47.0 Å².